The van der Waals surface area contributed by atoms with E-state index in [0.29, 0.717) is 5.57 Å². The largest absolute Gasteiger partial charge is 0.463 e. The molecule has 0 aromatic heterocycles. The molecule has 0 saturated carbocycles. The van der Waals surface area contributed by atoms with Gasteiger partial charge >= 0.3 is 12.1 Å². The number of esters is 1. The molecule has 6 heteroatoms. The molecule has 114 valence electrons. The molecule has 1 rings (SSSR count). The molecule has 0 aromatic carbocycles. The molecular formula is C14H22FNO4. The summed E-state index contributed by atoms with van der Waals surface area (Å²) >= 11 is 0. The number of alkyl halides is 1. The normalized spacial score (nSPS) is 22.8. The second-order valence-electron chi connectivity index (χ2n) is 5.66. The van der Waals surface area contributed by atoms with Gasteiger partial charge in [0.15, 0.2) is 0 Å². The third kappa shape index (κ3) is 5.19. The Bertz CT molecular complexity index is 400. The van der Waals surface area contributed by atoms with Crippen LogP contribution in [0.25, 0.3) is 0 Å². The molecule has 0 heterocycles. The summed E-state index contributed by atoms with van der Waals surface area (Å²) in [5.74, 6) is -0.463. The monoisotopic (exact) mass is 287 g/mol. The van der Waals surface area contributed by atoms with Crippen LogP contribution in [-0.4, -0.2) is 36.5 Å². The lowest BCUT2D eigenvalue weighted by molar-refractivity contribution is -0.138. The van der Waals surface area contributed by atoms with E-state index >= 15 is 0 Å². The second kappa shape index (κ2) is 6.72. The maximum atomic E-state index is 13.8. The summed E-state index contributed by atoms with van der Waals surface area (Å²) in [5.41, 5.74) is -0.258. The van der Waals surface area contributed by atoms with E-state index in [1.165, 1.54) is 6.08 Å². The van der Waals surface area contributed by atoms with E-state index in [2.05, 4.69) is 5.32 Å². The molecule has 1 N–H and O–H groups in total. The van der Waals surface area contributed by atoms with Gasteiger partial charge in [0.05, 0.1) is 12.6 Å². The Labute approximate surface area is 118 Å². The van der Waals surface area contributed by atoms with Crippen LogP contribution < -0.4 is 5.32 Å². The van der Waals surface area contributed by atoms with Crippen LogP contribution >= 0.6 is 0 Å². The average molecular weight is 287 g/mol. The number of hydrogen-bond donors (Lipinski definition) is 1. The molecule has 0 aliphatic heterocycles. The van der Waals surface area contributed by atoms with Crippen LogP contribution in [-0.2, 0) is 14.3 Å². The third-order valence-electron chi connectivity index (χ3n) is 2.71. The Hall–Kier alpha value is -1.59. The minimum Gasteiger partial charge on any atom is -0.463 e. The topological polar surface area (TPSA) is 64.6 Å². The first kappa shape index (κ1) is 16.5. The van der Waals surface area contributed by atoms with Crippen molar-refractivity contribution in [1.29, 1.82) is 0 Å². The molecule has 0 spiro atoms. The standard InChI is InChI=1S/C14H22FNO4/c1-5-19-12(17)9-6-7-10(15)11(8-9)16-13(18)20-14(2,3)4/h6,10-11H,5,7-8H2,1-4H3,(H,16,18)/t10-,11-/m0/s1. The quantitative estimate of drug-likeness (QED) is 0.810. The number of alkyl carbamates (subject to hydrolysis) is 1. The van der Waals surface area contributed by atoms with Gasteiger partial charge in [-0.25, -0.2) is 14.0 Å². The predicted molar refractivity (Wildman–Crippen MR) is 72.0 cm³/mol. The third-order valence-corrected chi connectivity index (χ3v) is 2.71. The molecule has 0 radical (unpaired) electrons. The van der Waals surface area contributed by atoms with Gasteiger partial charge in [-0.2, -0.15) is 0 Å². The van der Waals surface area contributed by atoms with Crippen LogP contribution in [0.3, 0.4) is 0 Å². The highest BCUT2D eigenvalue weighted by Crippen LogP contribution is 2.23. The number of ether oxygens (including phenoxy) is 2. The van der Waals surface area contributed by atoms with Crippen LogP contribution in [0.15, 0.2) is 11.6 Å². The molecule has 20 heavy (non-hydrogen) atoms. The van der Waals surface area contributed by atoms with Crippen molar-refractivity contribution in [2.45, 2.75) is 58.4 Å². The number of halogens is 1. The van der Waals surface area contributed by atoms with E-state index in [9.17, 15) is 14.0 Å². The lowest BCUT2D eigenvalue weighted by atomic mass is 9.93. The Balaban J connectivity index is 2.60. The summed E-state index contributed by atoms with van der Waals surface area (Å²) in [4.78, 5) is 23.2. The molecule has 2 atom stereocenters. The second-order valence-corrected chi connectivity index (χ2v) is 5.66. The van der Waals surface area contributed by atoms with Crippen molar-refractivity contribution in [2.24, 2.45) is 0 Å². The smallest absolute Gasteiger partial charge is 0.407 e. The summed E-state index contributed by atoms with van der Waals surface area (Å²) in [6.45, 7) is 7.15. The molecule has 1 aliphatic carbocycles. The maximum absolute atomic E-state index is 13.8. The van der Waals surface area contributed by atoms with Gasteiger partial charge in [-0.05, 0) is 34.1 Å². The minimum absolute atomic E-state index is 0.0780. The highest BCUT2D eigenvalue weighted by atomic mass is 19.1. The lowest BCUT2D eigenvalue weighted by Crippen LogP contribution is -2.45. The number of carbonyl (C=O) groups excluding carboxylic acids is 2. The number of hydrogen-bond acceptors (Lipinski definition) is 4. The zero-order chi connectivity index (χ0) is 15.3. The highest BCUT2D eigenvalue weighted by molar-refractivity contribution is 5.88. The highest BCUT2D eigenvalue weighted by Gasteiger charge is 2.31. The van der Waals surface area contributed by atoms with Gasteiger partial charge in [0.2, 0.25) is 0 Å². The minimum atomic E-state index is -1.24. The summed E-state index contributed by atoms with van der Waals surface area (Å²) < 4.78 is 23.8. The molecular weight excluding hydrogens is 265 g/mol. The van der Waals surface area contributed by atoms with E-state index in [1.807, 2.05) is 0 Å². The summed E-state index contributed by atoms with van der Waals surface area (Å²) in [6, 6.07) is -0.769. The van der Waals surface area contributed by atoms with E-state index in [4.69, 9.17) is 9.47 Å². The van der Waals surface area contributed by atoms with Crippen LogP contribution in [0.1, 0.15) is 40.5 Å². The first-order valence-corrected chi connectivity index (χ1v) is 6.72. The fraction of sp³-hybridized carbons (Fsp3) is 0.714. The molecule has 1 aliphatic rings. The average Bonchev–Trinajstić information content (AvgIpc) is 2.29. The van der Waals surface area contributed by atoms with Crippen LogP contribution in [0.4, 0.5) is 9.18 Å². The van der Waals surface area contributed by atoms with Gasteiger partial charge in [0.1, 0.15) is 11.8 Å². The van der Waals surface area contributed by atoms with Gasteiger partial charge in [0, 0.05) is 12.0 Å². The van der Waals surface area contributed by atoms with Crippen molar-refractivity contribution in [3.8, 4) is 0 Å². The van der Waals surface area contributed by atoms with E-state index in [-0.39, 0.29) is 19.4 Å². The van der Waals surface area contributed by atoms with Crippen molar-refractivity contribution in [1.82, 2.24) is 5.32 Å². The first-order chi connectivity index (χ1) is 9.23. The number of amides is 1. The number of carbonyl (C=O) groups is 2. The fourth-order valence-corrected chi connectivity index (χ4v) is 1.86. The lowest BCUT2D eigenvalue weighted by Gasteiger charge is -2.28. The number of nitrogens with one attached hydrogen (secondary N) is 1. The van der Waals surface area contributed by atoms with Crippen LogP contribution in [0.2, 0.25) is 0 Å². The Kier molecular flexibility index (Phi) is 5.53. The van der Waals surface area contributed by atoms with Crippen LogP contribution in [0, 0.1) is 0 Å². The number of rotatable bonds is 3. The van der Waals surface area contributed by atoms with Gasteiger partial charge in [-0.1, -0.05) is 6.08 Å². The fourth-order valence-electron chi connectivity index (χ4n) is 1.86. The van der Waals surface area contributed by atoms with Gasteiger partial charge in [-0.3, -0.25) is 0 Å². The Morgan fingerprint density at radius 2 is 2.10 bits per heavy atom. The number of allylic oxidation sites excluding steroid dienone is 1. The van der Waals surface area contributed by atoms with Gasteiger partial charge in [0.25, 0.3) is 0 Å². The van der Waals surface area contributed by atoms with Crippen molar-refractivity contribution in [3.05, 3.63) is 11.6 Å². The maximum Gasteiger partial charge on any atom is 0.407 e. The van der Waals surface area contributed by atoms with E-state index < -0.39 is 29.9 Å². The Morgan fingerprint density at radius 1 is 1.45 bits per heavy atom. The van der Waals surface area contributed by atoms with Gasteiger partial charge < -0.3 is 14.8 Å². The molecule has 0 unspecified atom stereocenters. The first-order valence-electron chi connectivity index (χ1n) is 6.72. The zero-order valence-corrected chi connectivity index (χ0v) is 12.4. The van der Waals surface area contributed by atoms with Crippen molar-refractivity contribution in [3.63, 3.8) is 0 Å². The zero-order valence-electron chi connectivity index (χ0n) is 12.4. The van der Waals surface area contributed by atoms with E-state index in [0.717, 1.165) is 0 Å². The van der Waals surface area contributed by atoms with Crippen LogP contribution in [0.5, 0.6) is 0 Å². The molecule has 0 bridgehead atoms. The molecule has 0 saturated heterocycles. The molecule has 0 fully saturated rings. The predicted octanol–water partition coefficient (Wildman–Crippen LogP) is 2.50. The Morgan fingerprint density at radius 3 is 2.65 bits per heavy atom. The molecule has 0 aromatic rings. The van der Waals surface area contributed by atoms with Crippen molar-refractivity contribution >= 4 is 12.1 Å². The summed E-state index contributed by atoms with van der Waals surface area (Å²) in [6.07, 6.45) is -0.208. The van der Waals surface area contributed by atoms with E-state index in [1.54, 1.807) is 27.7 Å². The van der Waals surface area contributed by atoms with Crippen molar-refractivity contribution in [2.75, 3.05) is 6.61 Å². The van der Waals surface area contributed by atoms with Crippen molar-refractivity contribution < 1.29 is 23.5 Å². The molecule has 5 nitrogen and oxygen atoms in total. The SMILES string of the molecule is CCOC(=O)C1=CC[C@H](F)[C@@H](NC(=O)OC(C)(C)C)C1. The van der Waals surface area contributed by atoms with Gasteiger partial charge in [-0.15, -0.1) is 0 Å². The summed E-state index contributed by atoms with van der Waals surface area (Å²) in [7, 11) is 0. The summed E-state index contributed by atoms with van der Waals surface area (Å²) in [5, 5.41) is 2.47. The molecule has 1 amide bonds.